The summed E-state index contributed by atoms with van der Waals surface area (Å²) in [7, 11) is 0. The molecule has 0 amide bonds. The van der Waals surface area contributed by atoms with Crippen LogP contribution in [-0.4, -0.2) is 27.1 Å². The molecule has 2 aromatic carbocycles. The molecular weight excluding hydrogens is 326 g/mol. The van der Waals surface area contributed by atoms with E-state index in [1.165, 1.54) is 0 Å². The predicted molar refractivity (Wildman–Crippen MR) is 101 cm³/mol. The van der Waals surface area contributed by atoms with Crippen molar-refractivity contribution in [2.24, 2.45) is 0 Å². The maximum absolute atomic E-state index is 12.1. The average molecular weight is 347 g/mol. The standard InChI is InChI=1S/C21H21N3O2/c1-14-13-15(2)23-21(22-14)24-19(20(25)26)18(16-9-5-3-6-10-16)17-11-7-4-8-12-17/h3-13,18-19H,1-2H3,(H,25,26)(H,22,23,24). The molecule has 5 heteroatoms. The first-order chi connectivity index (χ1) is 12.5. The summed E-state index contributed by atoms with van der Waals surface area (Å²) in [6, 6.07) is 20.2. The van der Waals surface area contributed by atoms with Gasteiger partial charge in [-0.25, -0.2) is 14.8 Å². The number of rotatable bonds is 6. The van der Waals surface area contributed by atoms with Crippen molar-refractivity contribution in [3.05, 3.63) is 89.2 Å². The summed E-state index contributed by atoms with van der Waals surface area (Å²) in [5, 5.41) is 13.0. The first-order valence-corrected chi connectivity index (χ1v) is 8.46. The van der Waals surface area contributed by atoms with Gasteiger partial charge in [-0.3, -0.25) is 0 Å². The summed E-state index contributed by atoms with van der Waals surface area (Å²) < 4.78 is 0. The van der Waals surface area contributed by atoms with Crippen LogP contribution in [0.25, 0.3) is 0 Å². The van der Waals surface area contributed by atoms with E-state index >= 15 is 0 Å². The second kappa shape index (κ2) is 7.78. The molecule has 1 atom stereocenters. The van der Waals surface area contributed by atoms with Gasteiger partial charge in [0.05, 0.1) is 0 Å². The van der Waals surface area contributed by atoms with Gasteiger partial charge in [-0.15, -0.1) is 0 Å². The number of aliphatic carboxylic acids is 1. The second-order valence-electron chi connectivity index (χ2n) is 6.23. The highest BCUT2D eigenvalue weighted by atomic mass is 16.4. The summed E-state index contributed by atoms with van der Waals surface area (Å²) in [5.41, 5.74) is 3.42. The Bertz CT molecular complexity index is 823. The van der Waals surface area contributed by atoms with Gasteiger partial charge in [-0.2, -0.15) is 0 Å². The van der Waals surface area contributed by atoms with E-state index in [1.54, 1.807) is 0 Å². The Morgan fingerprint density at radius 1 is 0.885 bits per heavy atom. The molecule has 1 heterocycles. The zero-order valence-electron chi connectivity index (χ0n) is 14.8. The summed E-state index contributed by atoms with van der Waals surface area (Å²) >= 11 is 0. The first kappa shape index (κ1) is 17.6. The minimum absolute atomic E-state index is 0.326. The number of carboxylic acids is 1. The van der Waals surface area contributed by atoms with E-state index in [4.69, 9.17) is 0 Å². The smallest absolute Gasteiger partial charge is 0.327 e. The van der Waals surface area contributed by atoms with Gasteiger partial charge in [-0.05, 0) is 31.0 Å². The van der Waals surface area contributed by atoms with E-state index in [0.29, 0.717) is 5.95 Å². The number of carbonyl (C=O) groups is 1. The van der Waals surface area contributed by atoms with Crippen molar-refractivity contribution < 1.29 is 9.90 Å². The molecule has 132 valence electrons. The quantitative estimate of drug-likeness (QED) is 0.709. The van der Waals surface area contributed by atoms with E-state index in [2.05, 4.69) is 15.3 Å². The number of nitrogens with one attached hydrogen (secondary N) is 1. The van der Waals surface area contributed by atoms with Crippen molar-refractivity contribution in [1.82, 2.24) is 9.97 Å². The summed E-state index contributed by atoms with van der Waals surface area (Å²) in [5.74, 6) is -1.00. The minimum atomic E-state index is -0.953. The van der Waals surface area contributed by atoms with E-state index in [0.717, 1.165) is 22.5 Å². The van der Waals surface area contributed by atoms with Gasteiger partial charge in [0.25, 0.3) is 0 Å². The largest absolute Gasteiger partial charge is 0.480 e. The maximum atomic E-state index is 12.1. The summed E-state index contributed by atoms with van der Waals surface area (Å²) in [6.45, 7) is 3.73. The lowest BCUT2D eigenvalue weighted by molar-refractivity contribution is -0.138. The lowest BCUT2D eigenvalue weighted by atomic mass is 9.85. The van der Waals surface area contributed by atoms with Crippen LogP contribution in [0.5, 0.6) is 0 Å². The van der Waals surface area contributed by atoms with Crippen LogP contribution in [0.15, 0.2) is 66.7 Å². The number of hydrogen-bond acceptors (Lipinski definition) is 4. The van der Waals surface area contributed by atoms with Gasteiger partial charge in [0.15, 0.2) is 0 Å². The van der Waals surface area contributed by atoms with Crippen LogP contribution >= 0.6 is 0 Å². The zero-order valence-corrected chi connectivity index (χ0v) is 14.8. The highest BCUT2D eigenvalue weighted by Crippen LogP contribution is 2.29. The molecule has 0 spiro atoms. The van der Waals surface area contributed by atoms with Crippen molar-refractivity contribution >= 4 is 11.9 Å². The fourth-order valence-electron chi connectivity index (χ4n) is 3.12. The fourth-order valence-corrected chi connectivity index (χ4v) is 3.12. The molecule has 1 aromatic heterocycles. The molecule has 1 unspecified atom stereocenters. The van der Waals surface area contributed by atoms with Gasteiger partial charge < -0.3 is 10.4 Å². The topological polar surface area (TPSA) is 75.1 Å². The van der Waals surface area contributed by atoms with E-state index in [-0.39, 0.29) is 5.92 Å². The van der Waals surface area contributed by atoms with Crippen molar-refractivity contribution in [3.8, 4) is 0 Å². The zero-order chi connectivity index (χ0) is 18.5. The SMILES string of the molecule is Cc1cc(C)nc(NC(C(=O)O)C(c2ccccc2)c2ccccc2)n1. The molecule has 0 saturated carbocycles. The Morgan fingerprint density at radius 3 is 1.77 bits per heavy atom. The number of benzene rings is 2. The maximum Gasteiger partial charge on any atom is 0.327 e. The Balaban J connectivity index is 2.05. The van der Waals surface area contributed by atoms with Crippen molar-refractivity contribution in [2.45, 2.75) is 25.8 Å². The number of aromatic nitrogens is 2. The molecule has 0 saturated heterocycles. The molecule has 3 rings (SSSR count). The van der Waals surface area contributed by atoms with Crippen LogP contribution in [0.2, 0.25) is 0 Å². The van der Waals surface area contributed by atoms with Gasteiger partial charge in [0.1, 0.15) is 6.04 Å². The third-order valence-electron chi connectivity index (χ3n) is 4.18. The van der Waals surface area contributed by atoms with Gasteiger partial charge in [0.2, 0.25) is 5.95 Å². The number of anilines is 1. The Morgan fingerprint density at radius 2 is 1.35 bits per heavy atom. The molecule has 5 nitrogen and oxygen atoms in total. The van der Waals surface area contributed by atoms with Crippen molar-refractivity contribution in [3.63, 3.8) is 0 Å². The van der Waals surface area contributed by atoms with Gasteiger partial charge in [0, 0.05) is 17.3 Å². The van der Waals surface area contributed by atoms with Gasteiger partial charge >= 0.3 is 5.97 Å². The van der Waals surface area contributed by atoms with Crippen molar-refractivity contribution in [1.29, 1.82) is 0 Å². The molecule has 2 N–H and O–H groups in total. The van der Waals surface area contributed by atoms with Crippen LogP contribution in [0, 0.1) is 13.8 Å². The van der Waals surface area contributed by atoms with Crippen LogP contribution < -0.4 is 5.32 Å². The second-order valence-corrected chi connectivity index (χ2v) is 6.23. The lowest BCUT2D eigenvalue weighted by Crippen LogP contribution is -2.37. The predicted octanol–water partition coefficient (Wildman–Crippen LogP) is 3.79. The summed E-state index contributed by atoms with van der Waals surface area (Å²) in [6.07, 6.45) is 0. The number of carboxylic acid groups (broad SMARTS) is 1. The van der Waals surface area contributed by atoms with Crippen LogP contribution in [0.1, 0.15) is 28.4 Å². The number of hydrogen-bond donors (Lipinski definition) is 2. The molecule has 3 aromatic rings. The molecule has 0 fully saturated rings. The number of aryl methyl sites for hydroxylation is 2. The lowest BCUT2D eigenvalue weighted by Gasteiger charge is -2.26. The van der Waals surface area contributed by atoms with E-state index in [1.807, 2.05) is 80.6 Å². The van der Waals surface area contributed by atoms with Crippen LogP contribution in [-0.2, 0) is 4.79 Å². The third kappa shape index (κ3) is 4.06. The molecule has 0 aliphatic rings. The van der Waals surface area contributed by atoms with E-state index < -0.39 is 12.0 Å². The van der Waals surface area contributed by atoms with Crippen LogP contribution in [0.4, 0.5) is 5.95 Å². The van der Waals surface area contributed by atoms with Gasteiger partial charge in [-0.1, -0.05) is 60.7 Å². The number of nitrogens with zero attached hydrogens (tertiary/aromatic N) is 2. The molecule has 0 bridgehead atoms. The minimum Gasteiger partial charge on any atom is -0.480 e. The molecule has 26 heavy (non-hydrogen) atoms. The monoisotopic (exact) mass is 347 g/mol. The Hall–Kier alpha value is -3.21. The molecule has 0 aliphatic carbocycles. The van der Waals surface area contributed by atoms with Crippen LogP contribution in [0.3, 0.4) is 0 Å². The third-order valence-corrected chi connectivity index (χ3v) is 4.18. The average Bonchev–Trinajstić information content (AvgIpc) is 2.62. The molecule has 0 radical (unpaired) electrons. The first-order valence-electron chi connectivity index (χ1n) is 8.46. The molecular formula is C21H21N3O2. The highest BCUT2D eigenvalue weighted by Gasteiger charge is 2.31. The van der Waals surface area contributed by atoms with Crippen molar-refractivity contribution in [2.75, 3.05) is 5.32 Å². The summed E-state index contributed by atoms with van der Waals surface area (Å²) in [4.78, 5) is 20.8. The molecule has 0 aliphatic heterocycles. The van der Waals surface area contributed by atoms with E-state index in [9.17, 15) is 9.90 Å². The Labute approximate surface area is 152 Å². The Kier molecular flexibility index (Phi) is 5.27. The fraction of sp³-hybridized carbons (Fsp3) is 0.190. The highest BCUT2D eigenvalue weighted by molar-refractivity contribution is 5.79. The normalized spacial score (nSPS) is 12.0.